The van der Waals surface area contributed by atoms with E-state index in [4.69, 9.17) is 4.74 Å². The van der Waals surface area contributed by atoms with Gasteiger partial charge in [-0.2, -0.15) is 5.26 Å². The number of anilines is 1. The number of nitrogens with zero attached hydrogens (tertiary/aromatic N) is 2. The van der Waals surface area contributed by atoms with Crippen LogP contribution in [0.1, 0.15) is 29.7 Å². The normalized spacial score (nSPS) is 18.5. The molecule has 22 heavy (non-hydrogen) atoms. The molecule has 0 atom stereocenters. The van der Waals surface area contributed by atoms with Gasteiger partial charge in [-0.3, -0.25) is 4.79 Å². The Hall–Kier alpha value is -1.84. The fourth-order valence-electron chi connectivity index (χ4n) is 3.48. The van der Waals surface area contributed by atoms with Crippen molar-refractivity contribution in [3.63, 3.8) is 0 Å². The number of morpholine rings is 1. The average molecular weight is 303 g/mol. The van der Waals surface area contributed by atoms with Crippen LogP contribution in [-0.2, 0) is 29.4 Å². The van der Waals surface area contributed by atoms with Gasteiger partial charge in [0.15, 0.2) is 6.54 Å². The van der Waals surface area contributed by atoms with Crippen LogP contribution >= 0.6 is 0 Å². The number of carbonyl (C=O) groups excluding carboxylic acids is 1. The van der Waals surface area contributed by atoms with Crippen LogP contribution in [0.15, 0.2) is 0 Å². The Bertz CT molecular complexity index is 609. The van der Waals surface area contributed by atoms with E-state index in [9.17, 15) is 10.1 Å². The summed E-state index contributed by atoms with van der Waals surface area (Å²) in [5.74, 6) is 0.651. The molecule has 0 saturated carbocycles. The Labute approximate surface area is 130 Å². The topological polar surface area (TPSA) is 71.5 Å². The minimum absolute atomic E-state index is 0.0219. The fourth-order valence-corrected chi connectivity index (χ4v) is 3.48. The van der Waals surface area contributed by atoms with Crippen LogP contribution in [0.25, 0.3) is 0 Å². The molecule has 1 amide bonds. The van der Waals surface area contributed by atoms with E-state index in [1.807, 2.05) is 11.6 Å². The van der Waals surface area contributed by atoms with Crippen LogP contribution in [0.5, 0.6) is 0 Å². The molecule has 6 nitrogen and oxygen atoms in total. The first-order valence-corrected chi connectivity index (χ1v) is 8.02. The van der Waals surface area contributed by atoms with E-state index >= 15 is 0 Å². The molecule has 0 bridgehead atoms. The van der Waals surface area contributed by atoms with Crippen molar-refractivity contribution in [1.82, 2.24) is 4.57 Å². The maximum atomic E-state index is 12.3. The standard InChI is InChI=1S/C16H22N4O2/c1-19-14-5-3-2-4-12(14)13(10-17)16(19)18-15(21)11-20-6-8-22-9-7-20/h2-9,11H2,1H3,(H,18,21)/p+1. The lowest BCUT2D eigenvalue weighted by Gasteiger charge is -2.23. The second kappa shape index (κ2) is 6.51. The average Bonchev–Trinajstić information content (AvgIpc) is 2.81. The third kappa shape index (κ3) is 2.87. The highest BCUT2D eigenvalue weighted by Crippen LogP contribution is 2.31. The minimum atomic E-state index is -0.0219. The summed E-state index contributed by atoms with van der Waals surface area (Å²) < 4.78 is 7.31. The molecule has 1 aromatic rings. The molecule has 1 saturated heterocycles. The number of aromatic nitrogens is 1. The molecule has 0 aromatic carbocycles. The number of amides is 1. The van der Waals surface area contributed by atoms with Crippen LogP contribution in [0, 0.1) is 11.3 Å². The Kier molecular flexibility index (Phi) is 4.46. The molecule has 2 aliphatic rings. The predicted octanol–water partition coefficient (Wildman–Crippen LogP) is -0.371. The monoisotopic (exact) mass is 303 g/mol. The Morgan fingerprint density at radius 2 is 2.09 bits per heavy atom. The summed E-state index contributed by atoms with van der Waals surface area (Å²) in [5.41, 5.74) is 2.99. The number of ether oxygens (including phenoxy) is 1. The molecule has 1 fully saturated rings. The molecule has 2 N–H and O–H groups in total. The Balaban J connectivity index is 1.75. The lowest BCUT2D eigenvalue weighted by Crippen LogP contribution is -3.15. The van der Waals surface area contributed by atoms with E-state index in [1.54, 1.807) is 0 Å². The first-order chi connectivity index (χ1) is 10.7. The van der Waals surface area contributed by atoms with Crippen LogP contribution in [0.3, 0.4) is 0 Å². The van der Waals surface area contributed by atoms with Crippen molar-refractivity contribution in [3.8, 4) is 6.07 Å². The summed E-state index contributed by atoms with van der Waals surface area (Å²) in [4.78, 5) is 13.6. The first-order valence-electron chi connectivity index (χ1n) is 8.02. The maximum absolute atomic E-state index is 12.3. The highest BCUT2D eigenvalue weighted by Gasteiger charge is 2.25. The second-order valence-electron chi connectivity index (χ2n) is 6.11. The van der Waals surface area contributed by atoms with Gasteiger partial charge in [0.05, 0.1) is 18.8 Å². The van der Waals surface area contributed by atoms with Crippen molar-refractivity contribution in [2.45, 2.75) is 25.7 Å². The van der Waals surface area contributed by atoms with Crippen molar-refractivity contribution in [2.75, 3.05) is 38.2 Å². The summed E-state index contributed by atoms with van der Waals surface area (Å²) >= 11 is 0. The number of fused-ring (bicyclic) bond motifs is 1. The maximum Gasteiger partial charge on any atom is 0.280 e. The molecule has 118 valence electrons. The van der Waals surface area contributed by atoms with Gasteiger partial charge in [0, 0.05) is 12.7 Å². The van der Waals surface area contributed by atoms with Gasteiger partial charge in [0.25, 0.3) is 5.91 Å². The highest BCUT2D eigenvalue weighted by molar-refractivity contribution is 5.92. The van der Waals surface area contributed by atoms with E-state index in [2.05, 4.69) is 11.4 Å². The number of nitriles is 1. The van der Waals surface area contributed by atoms with Crippen molar-refractivity contribution >= 4 is 11.7 Å². The van der Waals surface area contributed by atoms with Crippen molar-refractivity contribution in [3.05, 3.63) is 16.8 Å². The summed E-state index contributed by atoms with van der Waals surface area (Å²) in [6.07, 6.45) is 4.21. The molecular formula is C16H23N4O2+. The van der Waals surface area contributed by atoms with Gasteiger partial charge >= 0.3 is 0 Å². The predicted molar refractivity (Wildman–Crippen MR) is 81.8 cm³/mol. The zero-order valence-corrected chi connectivity index (χ0v) is 13.1. The van der Waals surface area contributed by atoms with Gasteiger partial charge in [0.1, 0.15) is 25.0 Å². The molecule has 0 spiro atoms. The van der Waals surface area contributed by atoms with E-state index in [0.717, 1.165) is 44.3 Å². The molecule has 2 heterocycles. The Morgan fingerprint density at radius 3 is 2.82 bits per heavy atom. The zero-order valence-electron chi connectivity index (χ0n) is 13.1. The molecule has 3 rings (SSSR count). The molecular weight excluding hydrogens is 280 g/mol. The molecule has 0 unspecified atom stereocenters. The van der Waals surface area contributed by atoms with Gasteiger partial charge in [-0.25, -0.2) is 0 Å². The van der Waals surface area contributed by atoms with Gasteiger partial charge < -0.3 is 19.5 Å². The largest absolute Gasteiger partial charge is 0.370 e. The van der Waals surface area contributed by atoms with Gasteiger partial charge in [-0.1, -0.05) is 0 Å². The van der Waals surface area contributed by atoms with E-state index in [-0.39, 0.29) is 5.91 Å². The third-order valence-corrected chi connectivity index (χ3v) is 4.70. The van der Waals surface area contributed by atoms with E-state index < -0.39 is 0 Å². The first kappa shape index (κ1) is 15.1. The second-order valence-corrected chi connectivity index (χ2v) is 6.11. The number of carbonyl (C=O) groups is 1. The van der Waals surface area contributed by atoms with Crippen molar-refractivity contribution in [2.24, 2.45) is 7.05 Å². The van der Waals surface area contributed by atoms with E-state index in [0.29, 0.717) is 31.1 Å². The third-order valence-electron chi connectivity index (χ3n) is 4.70. The van der Waals surface area contributed by atoms with Crippen LogP contribution in [-0.4, -0.2) is 43.3 Å². The number of rotatable bonds is 3. The quantitative estimate of drug-likeness (QED) is 0.800. The number of hydrogen-bond donors (Lipinski definition) is 2. The van der Waals surface area contributed by atoms with Gasteiger partial charge in [-0.05, 0) is 31.2 Å². The molecule has 1 aliphatic carbocycles. The van der Waals surface area contributed by atoms with Crippen LogP contribution in [0.2, 0.25) is 0 Å². The molecule has 1 aliphatic heterocycles. The number of nitrogens with one attached hydrogen (secondary N) is 2. The summed E-state index contributed by atoms with van der Waals surface area (Å²) in [6.45, 7) is 3.59. The lowest BCUT2D eigenvalue weighted by molar-refractivity contribution is -0.899. The molecule has 1 aromatic heterocycles. The van der Waals surface area contributed by atoms with Crippen LogP contribution in [0.4, 0.5) is 5.82 Å². The summed E-state index contributed by atoms with van der Waals surface area (Å²) in [7, 11) is 1.95. The summed E-state index contributed by atoms with van der Waals surface area (Å²) in [6, 6.07) is 2.29. The molecule has 0 radical (unpaired) electrons. The zero-order chi connectivity index (χ0) is 15.5. The SMILES string of the molecule is Cn1c2c(c(C#N)c1NC(=O)C[NH+]1CCOCC1)CCCC2. The number of hydrogen-bond acceptors (Lipinski definition) is 3. The summed E-state index contributed by atoms with van der Waals surface area (Å²) in [5, 5.41) is 12.5. The minimum Gasteiger partial charge on any atom is -0.370 e. The lowest BCUT2D eigenvalue weighted by atomic mass is 9.95. The molecule has 6 heteroatoms. The Morgan fingerprint density at radius 1 is 1.36 bits per heavy atom. The van der Waals surface area contributed by atoms with Crippen molar-refractivity contribution in [1.29, 1.82) is 5.26 Å². The highest BCUT2D eigenvalue weighted by atomic mass is 16.5. The number of quaternary nitrogens is 1. The van der Waals surface area contributed by atoms with Gasteiger partial charge in [-0.15, -0.1) is 0 Å². The van der Waals surface area contributed by atoms with Crippen LogP contribution < -0.4 is 10.2 Å². The van der Waals surface area contributed by atoms with Gasteiger partial charge in [0.2, 0.25) is 0 Å². The van der Waals surface area contributed by atoms with Crippen molar-refractivity contribution < 1.29 is 14.4 Å². The van der Waals surface area contributed by atoms with E-state index in [1.165, 1.54) is 10.6 Å². The smallest absolute Gasteiger partial charge is 0.280 e. The fraction of sp³-hybridized carbons (Fsp3) is 0.625.